The van der Waals surface area contributed by atoms with Crippen molar-refractivity contribution in [2.24, 2.45) is 7.05 Å². The van der Waals surface area contributed by atoms with Crippen molar-refractivity contribution in [1.82, 2.24) is 19.7 Å². The van der Waals surface area contributed by atoms with E-state index in [1.54, 1.807) is 4.68 Å². The average molecular weight is 323 g/mol. The Kier molecular flexibility index (Phi) is 3.31. The maximum Gasteiger partial charge on any atom is 0.163 e. The van der Waals surface area contributed by atoms with E-state index in [4.69, 9.17) is 0 Å². The van der Waals surface area contributed by atoms with E-state index >= 15 is 0 Å². The van der Waals surface area contributed by atoms with Gasteiger partial charge in [-0.1, -0.05) is 30.3 Å². The highest BCUT2D eigenvalue weighted by Gasteiger charge is 2.39. The van der Waals surface area contributed by atoms with Crippen LogP contribution in [0.3, 0.4) is 0 Å². The molecule has 1 aromatic carbocycles. The molecule has 0 saturated carbocycles. The molecule has 1 N–H and O–H groups in total. The van der Waals surface area contributed by atoms with Gasteiger partial charge in [-0.15, -0.1) is 0 Å². The van der Waals surface area contributed by atoms with Crippen molar-refractivity contribution in [3.8, 4) is 0 Å². The highest BCUT2D eigenvalue weighted by Crippen LogP contribution is 2.36. The second-order valence-electron chi connectivity index (χ2n) is 6.57. The van der Waals surface area contributed by atoms with Gasteiger partial charge in [0.25, 0.3) is 0 Å². The molecule has 1 aliphatic heterocycles. The number of anilines is 1. The zero-order valence-electron chi connectivity index (χ0n) is 14.2. The Morgan fingerprint density at radius 3 is 2.62 bits per heavy atom. The first kappa shape index (κ1) is 15.1. The summed E-state index contributed by atoms with van der Waals surface area (Å²) in [5.41, 5.74) is 1.86. The average Bonchev–Trinajstić information content (AvgIpc) is 3.10. The van der Waals surface area contributed by atoms with E-state index in [1.165, 1.54) is 0 Å². The predicted octanol–water partition coefficient (Wildman–Crippen LogP) is 2.08. The van der Waals surface area contributed by atoms with Crippen LogP contribution in [-0.2, 0) is 12.6 Å². The Hall–Kier alpha value is -2.47. The van der Waals surface area contributed by atoms with Crippen LogP contribution >= 0.6 is 0 Å². The van der Waals surface area contributed by atoms with E-state index in [9.17, 15) is 5.11 Å². The van der Waals surface area contributed by atoms with Gasteiger partial charge in [0.05, 0.1) is 17.6 Å². The lowest BCUT2D eigenvalue weighted by atomic mass is 9.93. The van der Waals surface area contributed by atoms with Crippen LogP contribution < -0.4 is 4.90 Å². The molecule has 3 aromatic rings. The molecule has 6 nitrogen and oxygen atoms in total. The Bertz CT molecular complexity index is 905. The Morgan fingerprint density at radius 1 is 1.12 bits per heavy atom. The fraction of sp³-hybridized carbons (Fsp3) is 0.389. The lowest BCUT2D eigenvalue weighted by Gasteiger charge is -2.24. The molecular formula is C18H21N5O. The summed E-state index contributed by atoms with van der Waals surface area (Å²) in [5.74, 6) is 1.59. The molecule has 1 saturated heterocycles. The van der Waals surface area contributed by atoms with E-state index in [-0.39, 0.29) is 0 Å². The maximum atomic E-state index is 11.1. The first-order valence-corrected chi connectivity index (χ1v) is 8.19. The fourth-order valence-electron chi connectivity index (χ4n) is 3.61. The molecule has 2 aromatic heterocycles. The highest BCUT2D eigenvalue weighted by molar-refractivity contribution is 5.90. The topological polar surface area (TPSA) is 67.1 Å². The molecule has 6 heteroatoms. The van der Waals surface area contributed by atoms with E-state index in [2.05, 4.69) is 20.0 Å². The number of β-amino-alcohol motifs (C(OH)–C–C–N with tert-alkyl or cyclic N) is 1. The summed E-state index contributed by atoms with van der Waals surface area (Å²) < 4.78 is 1.79. The van der Waals surface area contributed by atoms with Gasteiger partial charge in [-0.2, -0.15) is 5.10 Å². The molecule has 0 radical (unpaired) electrons. The van der Waals surface area contributed by atoms with Gasteiger partial charge >= 0.3 is 0 Å². The molecule has 0 unspecified atom stereocenters. The molecule has 3 heterocycles. The third-order valence-corrected chi connectivity index (χ3v) is 4.81. The third-order valence-electron chi connectivity index (χ3n) is 4.81. The van der Waals surface area contributed by atoms with Gasteiger partial charge in [-0.3, -0.25) is 4.68 Å². The Labute approximate surface area is 140 Å². The van der Waals surface area contributed by atoms with Gasteiger partial charge < -0.3 is 10.0 Å². The maximum absolute atomic E-state index is 11.1. The summed E-state index contributed by atoms with van der Waals surface area (Å²) in [6.45, 7) is 5.15. The zero-order chi connectivity index (χ0) is 16.9. The second-order valence-corrected chi connectivity index (χ2v) is 6.57. The SMILES string of the molecule is Cc1nc(N2CC[C@](O)(c3ccccc3)C2)c2c(C)nn(C)c2n1. The molecule has 124 valence electrons. The fourth-order valence-corrected chi connectivity index (χ4v) is 3.61. The molecule has 24 heavy (non-hydrogen) atoms. The van der Waals surface area contributed by atoms with Crippen molar-refractivity contribution in [2.45, 2.75) is 25.9 Å². The zero-order valence-corrected chi connectivity index (χ0v) is 14.2. The molecule has 0 amide bonds. The van der Waals surface area contributed by atoms with Crippen LogP contribution in [0.4, 0.5) is 5.82 Å². The highest BCUT2D eigenvalue weighted by atomic mass is 16.3. The third kappa shape index (κ3) is 2.26. The minimum Gasteiger partial charge on any atom is -0.383 e. The number of aliphatic hydroxyl groups is 1. The summed E-state index contributed by atoms with van der Waals surface area (Å²) in [7, 11) is 1.90. The number of benzene rings is 1. The van der Waals surface area contributed by atoms with Gasteiger partial charge in [0, 0.05) is 13.6 Å². The van der Waals surface area contributed by atoms with Crippen LogP contribution in [0.15, 0.2) is 30.3 Å². The van der Waals surface area contributed by atoms with Crippen LogP contribution in [0.5, 0.6) is 0 Å². The molecule has 1 aliphatic rings. The quantitative estimate of drug-likeness (QED) is 0.782. The molecule has 1 fully saturated rings. The van der Waals surface area contributed by atoms with E-state index < -0.39 is 5.60 Å². The molecule has 0 aliphatic carbocycles. The van der Waals surface area contributed by atoms with Crippen LogP contribution in [0, 0.1) is 13.8 Å². The molecule has 4 rings (SSSR count). The van der Waals surface area contributed by atoms with Crippen molar-refractivity contribution in [3.05, 3.63) is 47.4 Å². The number of hydrogen-bond acceptors (Lipinski definition) is 5. The van der Waals surface area contributed by atoms with Crippen molar-refractivity contribution in [3.63, 3.8) is 0 Å². The number of nitrogens with zero attached hydrogens (tertiary/aromatic N) is 5. The largest absolute Gasteiger partial charge is 0.383 e. The summed E-state index contributed by atoms with van der Waals surface area (Å²) in [5, 5.41) is 16.6. The van der Waals surface area contributed by atoms with Gasteiger partial charge in [-0.05, 0) is 25.8 Å². The number of hydrogen-bond donors (Lipinski definition) is 1. The monoisotopic (exact) mass is 323 g/mol. The Balaban J connectivity index is 1.77. The van der Waals surface area contributed by atoms with Crippen LogP contribution in [-0.4, -0.2) is 37.9 Å². The summed E-state index contributed by atoms with van der Waals surface area (Å²) in [6, 6.07) is 9.87. The van der Waals surface area contributed by atoms with Gasteiger partial charge in [0.15, 0.2) is 5.65 Å². The van der Waals surface area contributed by atoms with Crippen molar-refractivity contribution >= 4 is 16.9 Å². The smallest absolute Gasteiger partial charge is 0.163 e. The number of fused-ring (bicyclic) bond motifs is 1. The van der Waals surface area contributed by atoms with Gasteiger partial charge in [0.1, 0.15) is 17.2 Å². The van der Waals surface area contributed by atoms with Crippen LogP contribution in [0.25, 0.3) is 11.0 Å². The minimum absolute atomic E-state index is 0.525. The molecular weight excluding hydrogens is 302 g/mol. The van der Waals surface area contributed by atoms with Crippen molar-refractivity contribution < 1.29 is 5.11 Å². The number of rotatable bonds is 2. The van der Waals surface area contributed by atoms with E-state index in [0.29, 0.717) is 13.0 Å². The molecule has 0 spiro atoms. The van der Waals surface area contributed by atoms with E-state index in [1.807, 2.05) is 51.2 Å². The van der Waals surface area contributed by atoms with Crippen LogP contribution in [0.2, 0.25) is 0 Å². The van der Waals surface area contributed by atoms with Crippen molar-refractivity contribution in [2.75, 3.05) is 18.0 Å². The normalized spacial score (nSPS) is 20.9. The molecule has 1 atom stereocenters. The Morgan fingerprint density at radius 2 is 1.88 bits per heavy atom. The lowest BCUT2D eigenvalue weighted by Crippen LogP contribution is -2.31. The van der Waals surface area contributed by atoms with E-state index in [0.717, 1.165) is 40.5 Å². The number of aromatic nitrogens is 4. The number of aryl methyl sites for hydroxylation is 3. The first-order valence-electron chi connectivity index (χ1n) is 8.19. The predicted molar refractivity (Wildman–Crippen MR) is 92.9 cm³/mol. The summed E-state index contributed by atoms with van der Waals surface area (Å²) in [6.07, 6.45) is 0.681. The van der Waals surface area contributed by atoms with Gasteiger partial charge in [-0.25, -0.2) is 9.97 Å². The molecule has 0 bridgehead atoms. The van der Waals surface area contributed by atoms with Crippen molar-refractivity contribution in [1.29, 1.82) is 0 Å². The standard InChI is InChI=1S/C18H21N5O/c1-12-15-16(22(3)21-12)19-13(2)20-17(15)23-10-9-18(24,11-23)14-7-5-4-6-8-14/h4-8,24H,9-11H2,1-3H3/t18-/m1/s1. The summed E-state index contributed by atoms with van der Waals surface area (Å²) >= 11 is 0. The van der Waals surface area contributed by atoms with Crippen LogP contribution in [0.1, 0.15) is 23.5 Å². The van der Waals surface area contributed by atoms with Gasteiger partial charge in [0.2, 0.25) is 0 Å². The first-order chi connectivity index (χ1) is 11.5. The second kappa shape index (κ2) is 5.27. The minimum atomic E-state index is -0.845. The lowest BCUT2D eigenvalue weighted by molar-refractivity contribution is 0.0606. The summed E-state index contributed by atoms with van der Waals surface area (Å²) in [4.78, 5) is 11.3.